The highest BCUT2D eigenvalue weighted by atomic mass is 79.9. The van der Waals surface area contributed by atoms with Gasteiger partial charge in [-0.1, -0.05) is 6.07 Å². The van der Waals surface area contributed by atoms with E-state index in [1.807, 2.05) is 0 Å². The summed E-state index contributed by atoms with van der Waals surface area (Å²) in [6.45, 7) is 1.50. The number of amides is 2. The third kappa shape index (κ3) is 2.97. The molecular formula is C12H14BrFN2O. The lowest BCUT2D eigenvalue weighted by Gasteiger charge is -2.27. The van der Waals surface area contributed by atoms with Gasteiger partial charge in [0.25, 0.3) is 0 Å². The Hall–Kier alpha value is -1.10. The quantitative estimate of drug-likeness (QED) is 0.844. The van der Waals surface area contributed by atoms with Crippen LogP contribution in [-0.4, -0.2) is 24.0 Å². The first-order valence-corrected chi connectivity index (χ1v) is 6.48. The number of likely N-dealkylation sites (tertiary alicyclic amines) is 1. The van der Waals surface area contributed by atoms with E-state index in [4.69, 9.17) is 0 Å². The van der Waals surface area contributed by atoms with Gasteiger partial charge in [-0.15, -0.1) is 0 Å². The third-order valence-electron chi connectivity index (χ3n) is 2.84. The van der Waals surface area contributed by atoms with Gasteiger partial charge < -0.3 is 10.2 Å². The van der Waals surface area contributed by atoms with E-state index < -0.39 is 5.82 Å². The molecule has 0 unspecified atom stereocenters. The number of carbonyl (C=O) groups excluding carboxylic acids is 1. The van der Waals surface area contributed by atoms with Gasteiger partial charge in [0.2, 0.25) is 0 Å². The molecular weight excluding hydrogens is 287 g/mol. The molecule has 1 aromatic rings. The summed E-state index contributed by atoms with van der Waals surface area (Å²) >= 11 is 3.23. The molecule has 0 aromatic heterocycles. The second-order valence-electron chi connectivity index (χ2n) is 4.07. The lowest BCUT2D eigenvalue weighted by atomic mass is 10.1. The number of para-hydroxylation sites is 1. The van der Waals surface area contributed by atoms with Crippen LogP contribution in [0.2, 0.25) is 0 Å². The summed E-state index contributed by atoms with van der Waals surface area (Å²) in [6, 6.07) is 4.40. The Morgan fingerprint density at radius 3 is 2.65 bits per heavy atom. The Balaban J connectivity index is 2.07. The van der Waals surface area contributed by atoms with Gasteiger partial charge in [0.15, 0.2) is 0 Å². The number of halogens is 2. The van der Waals surface area contributed by atoms with Gasteiger partial charge in [-0.2, -0.15) is 0 Å². The molecule has 1 fully saturated rings. The number of nitrogens with zero attached hydrogens (tertiary/aromatic N) is 1. The number of piperidine rings is 1. The largest absolute Gasteiger partial charge is 0.325 e. The number of hydrogen-bond donors (Lipinski definition) is 1. The number of hydrogen-bond acceptors (Lipinski definition) is 1. The molecule has 0 saturated carbocycles. The SMILES string of the molecule is O=C(Nc1c(F)cccc1Br)N1CCCCC1. The van der Waals surface area contributed by atoms with Crippen molar-refractivity contribution in [3.8, 4) is 0 Å². The lowest BCUT2D eigenvalue weighted by molar-refractivity contribution is 0.200. The van der Waals surface area contributed by atoms with Gasteiger partial charge in [-0.25, -0.2) is 9.18 Å². The van der Waals surface area contributed by atoms with Crippen molar-refractivity contribution in [1.82, 2.24) is 4.90 Å². The minimum absolute atomic E-state index is 0.211. The molecule has 0 radical (unpaired) electrons. The first-order chi connectivity index (χ1) is 8.18. The van der Waals surface area contributed by atoms with E-state index in [0.717, 1.165) is 32.4 Å². The van der Waals surface area contributed by atoms with Crippen LogP contribution in [0.25, 0.3) is 0 Å². The molecule has 0 atom stereocenters. The number of urea groups is 1. The summed E-state index contributed by atoms with van der Waals surface area (Å²) in [5.74, 6) is -0.426. The van der Waals surface area contributed by atoms with Crippen LogP contribution in [0.3, 0.4) is 0 Å². The summed E-state index contributed by atoms with van der Waals surface area (Å²) in [7, 11) is 0. The summed E-state index contributed by atoms with van der Waals surface area (Å²) < 4.78 is 14.1. The van der Waals surface area contributed by atoms with E-state index in [2.05, 4.69) is 21.2 Å². The first kappa shape index (κ1) is 12.4. The molecule has 2 rings (SSSR count). The number of nitrogens with one attached hydrogen (secondary N) is 1. The van der Waals surface area contributed by atoms with Crippen molar-refractivity contribution < 1.29 is 9.18 Å². The van der Waals surface area contributed by atoms with Crippen LogP contribution in [0.5, 0.6) is 0 Å². The van der Waals surface area contributed by atoms with Crippen molar-refractivity contribution >= 4 is 27.6 Å². The first-order valence-electron chi connectivity index (χ1n) is 5.68. The number of rotatable bonds is 1. The molecule has 0 bridgehead atoms. The van der Waals surface area contributed by atoms with Crippen molar-refractivity contribution in [1.29, 1.82) is 0 Å². The average molecular weight is 301 g/mol. The normalized spacial score (nSPS) is 15.8. The fourth-order valence-electron chi connectivity index (χ4n) is 1.90. The zero-order valence-corrected chi connectivity index (χ0v) is 11.0. The van der Waals surface area contributed by atoms with Crippen molar-refractivity contribution in [3.05, 3.63) is 28.5 Å². The molecule has 2 amide bonds. The van der Waals surface area contributed by atoms with E-state index in [-0.39, 0.29) is 11.7 Å². The van der Waals surface area contributed by atoms with E-state index in [0.29, 0.717) is 4.47 Å². The molecule has 1 aromatic carbocycles. The number of benzene rings is 1. The Morgan fingerprint density at radius 2 is 2.00 bits per heavy atom. The Morgan fingerprint density at radius 1 is 1.29 bits per heavy atom. The fraction of sp³-hybridized carbons (Fsp3) is 0.417. The monoisotopic (exact) mass is 300 g/mol. The van der Waals surface area contributed by atoms with Crippen LogP contribution in [0.1, 0.15) is 19.3 Å². The molecule has 1 heterocycles. The predicted molar refractivity (Wildman–Crippen MR) is 68.5 cm³/mol. The zero-order valence-electron chi connectivity index (χ0n) is 9.38. The van der Waals surface area contributed by atoms with Gasteiger partial charge in [0.1, 0.15) is 5.82 Å². The van der Waals surface area contributed by atoms with Crippen LogP contribution >= 0.6 is 15.9 Å². The van der Waals surface area contributed by atoms with Gasteiger partial charge in [-0.05, 0) is 47.3 Å². The minimum Gasteiger partial charge on any atom is -0.325 e. The maximum absolute atomic E-state index is 13.5. The summed E-state index contributed by atoms with van der Waals surface area (Å²) in [6.07, 6.45) is 3.20. The van der Waals surface area contributed by atoms with Crippen molar-refractivity contribution in [2.75, 3.05) is 18.4 Å². The standard InChI is InChI=1S/C12H14BrFN2O/c13-9-5-4-6-10(14)11(9)15-12(17)16-7-2-1-3-8-16/h4-6H,1-3,7-8H2,(H,15,17). The second-order valence-corrected chi connectivity index (χ2v) is 4.93. The fourth-order valence-corrected chi connectivity index (χ4v) is 2.34. The molecule has 1 saturated heterocycles. The zero-order chi connectivity index (χ0) is 12.3. The Kier molecular flexibility index (Phi) is 3.99. The average Bonchev–Trinajstić information content (AvgIpc) is 2.35. The van der Waals surface area contributed by atoms with E-state index in [1.54, 1.807) is 17.0 Å². The Labute approximate surface area is 108 Å². The van der Waals surface area contributed by atoms with Gasteiger partial charge in [0, 0.05) is 17.6 Å². The highest BCUT2D eigenvalue weighted by Crippen LogP contribution is 2.25. The van der Waals surface area contributed by atoms with E-state index in [1.165, 1.54) is 6.07 Å². The molecule has 0 aliphatic carbocycles. The lowest BCUT2D eigenvalue weighted by Crippen LogP contribution is -2.38. The molecule has 17 heavy (non-hydrogen) atoms. The number of anilines is 1. The van der Waals surface area contributed by atoms with Crippen LogP contribution < -0.4 is 5.32 Å². The molecule has 1 aliphatic heterocycles. The van der Waals surface area contributed by atoms with Crippen molar-refractivity contribution in [2.24, 2.45) is 0 Å². The van der Waals surface area contributed by atoms with E-state index >= 15 is 0 Å². The second kappa shape index (κ2) is 5.49. The molecule has 0 spiro atoms. The van der Waals surface area contributed by atoms with Crippen LogP contribution in [-0.2, 0) is 0 Å². The number of carbonyl (C=O) groups is 1. The molecule has 1 N–H and O–H groups in total. The van der Waals surface area contributed by atoms with Crippen molar-refractivity contribution in [3.63, 3.8) is 0 Å². The maximum atomic E-state index is 13.5. The maximum Gasteiger partial charge on any atom is 0.321 e. The van der Waals surface area contributed by atoms with E-state index in [9.17, 15) is 9.18 Å². The third-order valence-corrected chi connectivity index (χ3v) is 3.50. The summed E-state index contributed by atoms with van der Waals surface area (Å²) in [4.78, 5) is 13.6. The Bertz CT molecular complexity index is 399. The highest BCUT2D eigenvalue weighted by molar-refractivity contribution is 9.10. The summed E-state index contributed by atoms with van der Waals surface area (Å²) in [5, 5.41) is 2.61. The topological polar surface area (TPSA) is 32.3 Å². The van der Waals surface area contributed by atoms with Gasteiger partial charge in [-0.3, -0.25) is 0 Å². The predicted octanol–water partition coefficient (Wildman–Crippen LogP) is 3.61. The van der Waals surface area contributed by atoms with Crippen molar-refractivity contribution in [2.45, 2.75) is 19.3 Å². The van der Waals surface area contributed by atoms with Crippen LogP contribution in [0.4, 0.5) is 14.9 Å². The molecule has 92 valence electrons. The van der Waals surface area contributed by atoms with Gasteiger partial charge in [0.05, 0.1) is 5.69 Å². The molecule has 5 heteroatoms. The molecule has 1 aliphatic rings. The highest BCUT2D eigenvalue weighted by Gasteiger charge is 2.18. The molecule has 3 nitrogen and oxygen atoms in total. The van der Waals surface area contributed by atoms with Crippen LogP contribution in [0.15, 0.2) is 22.7 Å². The smallest absolute Gasteiger partial charge is 0.321 e. The van der Waals surface area contributed by atoms with Gasteiger partial charge >= 0.3 is 6.03 Å². The van der Waals surface area contributed by atoms with Crippen LogP contribution in [0, 0.1) is 5.82 Å². The summed E-state index contributed by atoms with van der Waals surface area (Å²) in [5.41, 5.74) is 0.211. The minimum atomic E-state index is -0.426.